The van der Waals surface area contributed by atoms with Crippen molar-refractivity contribution in [3.05, 3.63) is 11.6 Å². The molecule has 0 aromatic carbocycles. The van der Waals surface area contributed by atoms with E-state index in [4.69, 9.17) is 23.7 Å². The highest BCUT2D eigenvalue weighted by molar-refractivity contribution is 5.25. The summed E-state index contributed by atoms with van der Waals surface area (Å²) in [6, 6.07) is 0. The molecule has 3 heterocycles. The summed E-state index contributed by atoms with van der Waals surface area (Å²) in [5.41, 5.74) is -1.19. The number of rotatable bonds is 8. The Bertz CT molecular complexity index is 1470. The van der Waals surface area contributed by atoms with Crippen LogP contribution in [0.3, 0.4) is 0 Å². The predicted octanol–water partition coefficient (Wildman–Crippen LogP) is 1.13. The van der Waals surface area contributed by atoms with E-state index in [0.717, 1.165) is 18.4 Å². The van der Waals surface area contributed by atoms with Crippen LogP contribution in [0.2, 0.25) is 0 Å². The van der Waals surface area contributed by atoms with Gasteiger partial charge in [-0.1, -0.05) is 46.3 Å². The Hall–Kier alpha value is -0.820. The molecule has 0 bridgehead atoms. The van der Waals surface area contributed by atoms with Crippen molar-refractivity contribution in [3.8, 4) is 0 Å². The van der Waals surface area contributed by atoms with Crippen molar-refractivity contribution < 1.29 is 69.6 Å². The molecule has 56 heavy (non-hydrogen) atoms. The number of allylic oxidation sites excluding steroid dienone is 1. The molecule has 0 radical (unpaired) electrons. The van der Waals surface area contributed by atoms with Gasteiger partial charge in [-0.05, 0) is 112 Å². The van der Waals surface area contributed by atoms with Crippen LogP contribution in [-0.4, -0.2) is 150 Å². The highest BCUT2D eigenvalue weighted by atomic mass is 16.8. The molecule has 4 aliphatic carbocycles. The number of hydrogen-bond donors (Lipinski definition) is 9. The van der Waals surface area contributed by atoms with Gasteiger partial charge in [0.05, 0.1) is 36.6 Å². The van der Waals surface area contributed by atoms with Crippen LogP contribution in [-0.2, 0) is 23.7 Å². The lowest BCUT2D eigenvalue weighted by molar-refractivity contribution is -0.381. The topological polar surface area (TPSA) is 232 Å². The van der Waals surface area contributed by atoms with E-state index in [-0.39, 0.29) is 40.8 Å². The summed E-state index contributed by atoms with van der Waals surface area (Å²) in [5.74, 6) is -0.281. The molecule has 3 aliphatic heterocycles. The minimum Gasteiger partial charge on any atom is -0.394 e. The fourth-order valence-corrected chi connectivity index (χ4v) is 13.5. The molecular formula is C42H70O14. The normalized spacial score (nSPS) is 55.8. The Morgan fingerprint density at radius 1 is 0.804 bits per heavy atom. The first-order chi connectivity index (χ1) is 25.9. The Morgan fingerprint density at radius 3 is 2.09 bits per heavy atom. The quantitative estimate of drug-likeness (QED) is 0.0953. The highest BCUT2D eigenvalue weighted by Crippen LogP contribution is 2.76. The Kier molecular flexibility index (Phi) is 11.3. The molecule has 0 aromatic rings. The average Bonchev–Trinajstić information content (AvgIpc) is 3.60. The third-order valence-corrected chi connectivity index (χ3v) is 16.9. The van der Waals surface area contributed by atoms with Gasteiger partial charge >= 0.3 is 0 Å². The summed E-state index contributed by atoms with van der Waals surface area (Å²) in [4.78, 5) is 0. The van der Waals surface area contributed by atoms with Gasteiger partial charge in [0.1, 0.15) is 54.9 Å². The van der Waals surface area contributed by atoms with Gasteiger partial charge in [0.25, 0.3) is 0 Å². The maximum Gasteiger partial charge on any atom is 0.187 e. The summed E-state index contributed by atoms with van der Waals surface area (Å²) < 4.78 is 30.9. The number of ether oxygens (including phenoxy) is 5. The van der Waals surface area contributed by atoms with Crippen LogP contribution in [0.4, 0.5) is 0 Å². The SMILES string of the molecule is C/C(=C\[C@@H](O)[C@@H]1OC1(C)C)[C@H]1CC[C@]2(C)[C@@H]1[C@H](O)C[C@@H]1[C@@]3(C)CC[C@H](O)C(C)(C)[C@@H]3[C@@H](O[C@@H]3O[C@H](CO)[C@@H](O)[C@H](O)[C@H]3O[C@@H]3O[C@@H](C)[C@H](O)[C@@H](O)[C@H]3O)C[C@]12C. The number of aliphatic hydroxyl groups is 9. The van der Waals surface area contributed by atoms with Crippen molar-refractivity contribution in [2.75, 3.05) is 6.61 Å². The molecule has 4 saturated carbocycles. The summed E-state index contributed by atoms with van der Waals surface area (Å²) >= 11 is 0. The highest BCUT2D eigenvalue weighted by Gasteiger charge is 2.73. The molecule has 7 rings (SSSR count). The van der Waals surface area contributed by atoms with E-state index in [0.29, 0.717) is 25.7 Å². The summed E-state index contributed by atoms with van der Waals surface area (Å²) in [7, 11) is 0. The lowest BCUT2D eigenvalue weighted by Crippen LogP contribution is -2.71. The monoisotopic (exact) mass is 798 g/mol. The zero-order chi connectivity index (χ0) is 41.2. The molecule has 7 aliphatic rings. The zero-order valence-electron chi connectivity index (χ0n) is 34.6. The third kappa shape index (κ3) is 6.59. The van der Waals surface area contributed by atoms with Crippen LogP contribution in [0.15, 0.2) is 11.6 Å². The number of epoxide rings is 1. The summed E-state index contributed by atoms with van der Waals surface area (Å²) in [6.45, 7) is 17.8. The van der Waals surface area contributed by atoms with E-state index >= 15 is 0 Å². The van der Waals surface area contributed by atoms with Crippen molar-refractivity contribution >= 4 is 0 Å². The van der Waals surface area contributed by atoms with Crippen molar-refractivity contribution in [1.29, 1.82) is 0 Å². The third-order valence-electron chi connectivity index (χ3n) is 16.9. The molecule has 22 atom stereocenters. The average molecular weight is 799 g/mol. The first-order valence-electron chi connectivity index (χ1n) is 21.0. The van der Waals surface area contributed by atoms with E-state index < -0.39 is 109 Å². The van der Waals surface area contributed by atoms with E-state index in [1.54, 1.807) is 0 Å². The van der Waals surface area contributed by atoms with Crippen LogP contribution in [0.25, 0.3) is 0 Å². The smallest absolute Gasteiger partial charge is 0.187 e. The van der Waals surface area contributed by atoms with Gasteiger partial charge in [0.15, 0.2) is 12.6 Å². The zero-order valence-corrected chi connectivity index (χ0v) is 34.6. The maximum atomic E-state index is 12.3. The molecule has 14 nitrogen and oxygen atoms in total. The van der Waals surface area contributed by atoms with E-state index in [1.165, 1.54) is 6.92 Å². The largest absolute Gasteiger partial charge is 0.394 e. The van der Waals surface area contributed by atoms with Crippen LogP contribution in [0.1, 0.15) is 101 Å². The van der Waals surface area contributed by atoms with Crippen molar-refractivity contribution in [3.63, 3.8) is 0 Å². The second-order valence-electron chi connectivity index (χ2n) is 20.6. The second-order valence-corrected chi connectivity index (χ2v) is 20.6. The van der Waals surface area contributed by atoms with Gasteiger partial charge in [-0.25, -0.2) is 0 Å². The molecular weight excluding hydrogens is 728 g/mol. The Morgan fingerprint density at radius 2 is 1.46 bits per heavy atom. The number of fused-ring (bicyclic) bond motifs is 5. The summed E-state index contributed by atoms with van der Waals surface area (Å²) in [5, 5.41) is 99.4. The Balaban J connectivity index is 1.25. The molecule has 0 amide bonds. The minimum atomic E-state index is -1.70. The van der Waals surface area contributed by atoms with Crippen molar-refractivity contribution in [2.24, 2.45) is 45.3 Å². The number of aliphatic hydroxyl groups excluding tert-OH is 9. The summed E-state index contributed by atoms with van der Waals surface area (Å²) in [6.07, 6.45) is -11.4. The van der Waals surface area contributed by atoms with Crippen LogP contribution < -0.4 is 0 Å². The molecule has 7 fully saturated rings. The fourth-order valence-electron chi connectivity index (χ4n) is 13.5. The van der Waals surface area contributed by atoms with Crippen LogP contribution in [0, 0.1) is 45.3 Å². The van der Waals surface area contributed by atoms with Gasteiger partial charge in [-0.15, -0.1) is 0 Å². The molecule has 9 N–H and O–H groups in total. The first kappa shape index (κ1) is 43.3. The van der Waals surface area contributed by atoms with E-state index in [9.17, 15) is 46.0 Å². The fraction of sp³-hybridized carbons (Fsp3) is 0.952. The van der Waals surface area contributed by atoms with Gasteiger partial charge in [-0.2, -0.15) is 0 Å². The van der Waals surface area contributed by atoms with Crippen molar-refractivity contribution in [1.82, 2.24) is 0 Å². The second kappa shape index (κ2) is 14.7. The lowest BCUT2D eigenvalue weighted by Gasteiger charge is -2.72. The van der Waals surface area contributed by atoms with Gasteiger partial charge in [0.2, 0.25) is 0 Å². The minimum absolute atomic E-state index is 0.0402. The van der Waals surface area contributed by atoms with Gasteiger partial charge in [0, 0.05) is 0 Å². The molecule has 322 valence electrons. The van der Waals surface area contributed by atoms with E-state index in [2.05, 4.69) is 27.7 Å². The molecule has 3 saturated heterocycles. The van der Waals surface area contributed by atoms with Gasteiger partial charge in [-0.3, -0.25) is 0 Å². The van der Waals surface area contributed by atoms with E-state index in [1.807, 2.05) is 33.8 Å². The lowest BCUT2D eigenvalue weighted by atomic mass is 9.34. The predicted molar refractivity (Wildman–Crippen MR) is 200 cm³/mol. The molecule has 0 spiro atoms. The van der Waals surface area contributed by atoms with Crippen LogP contribution in [0.5, 0.6) is 0 Å². The number of hydrogen-bond acceptors (Lipinski definition) is 14. The first-order valence-corrected chi connectivity index (χ1v) is 21.0. The molecule has 14 heteroatoms. The molecule has 0 unspecified atom stereocenters. The Labute approximate surface area is 331 Å². The van der Waals surface area contributed by atoms with Crippen molar-refractivity contribution in [2.45, 2.75) is 198 Å². The van der Waals surface area contributed by atoms with Crippen LogP contribution >= 0.6 is 0 Å². The maximum absolute atomic E-state index is 12.3. The molecule has 0 aromatic heterocycles. The van der Waals surface area contributed by atoms with Gasteiger partial charge < -0.3 is 69.6 Å². The standard InChI is InChI=1S/C42H70O14/c1-18(14-22(45)35-39(5,6)56-35)20-10-13-41(8)27(20)21(44)15-25-40(7)12-11-26(46)38(3,4)34(40)23(16-42(25,41)9)53-37-33(31(50)29(48)24(17-43)54-37)55-36-32(51)30(49)28(47)19(2)52-36/h14,19-37,43-51H,10-13,15-17H2,1-9H3/b18-14+/t19-,20+,21+,22+,23-,24+,25+,26-,27-,28-,29+,30+,31-,32+,33+,34-,35-,36-,37+,40+,41+,42+/m0/s1.